The normalized spacial score (nSPS) is 14.6. The summed E-state index contributed by atoms with van der Waals surface area (Å²) in [7, 11) is 0. The van der Waals surface area contributed by atoms with E-state index in [1.165, 1.54) is 18.2 Å². The summed E-state index contributed by atoms with van der Waals surface area (Å²) in [6.07, 6.45) is 5.21. The first kappa shape index (κ1) is 12.4. The summed E-state index contributed by atoms with van der Waals surface area (Å²) in [6, 6.07) is 4.72. The average Bonchev–Trinajstić information content (AvgIpc) is 2.67. The molecule has 0 unspecified atom stereocenters. The second kappa shape index (κ2) is 5.04. The smallest absolute Gasteiger partial charge is 0.258 e. The molecular formula is C14H15NO3. The Morgan fingerprint density at radius 3 is 2.44 bits per heavy atom. The molecule has 0 aliphatic carbocycles. The van der Waals surface area contributed by atoms with Gasteiger partial charge in [-0.25, -0.2) is 4.90 Å². The maximum atomic E-state index is 11.7. The van der Waals surface area contributed by atoms with Crippen molar-refractivity contribution < 1.29 is 14.7 Å². The molecule has 0 saturated carbocycles. The Kier molecular flexibility index (Phi) is 3.46. The van der Waals surface area contributed by atoms with Crippen LogP contribution in [-0.4, -0.2) is 16.9 Å². The highest BCUT2D eigenvalue weighted by atomic mass is 16.3. The van der Waals surface area contributed by atoms with Gasteiger partial charge in [-0.05, 0) is 36.6 Å². The lowest BCUT2D eigenvalue weighted by molar-refractivity contribution is -0.120. The molecule has 0 saturated heterocycles. The van der Waals surface area contributed by atoms with Gasteiger partial charge in [-0.15, -0.1) is 0 Å². The van der Waals surface area contributed by atoms with Crippen LogP contribution in [-0.2, 0) is 16.0 Å². The SMILES string of the molecule is CCCCc1cc(O)ccc1N1C(=O)C=CC1=O. The van der Waals surface area contributed by atoms with Crippen LogP contribution in [0.3, 0.4) is 0 Å². The van der Waals surface area contributed by atoms with Gasteiger partial charge >= 0.3 is 0 Å². The zero-order valence-corrected chi connectivity index (χ0v) is 10.2. The second-order valence-electron chi connectivity index (χ2n) is 4.26. The molecule has 94 valence electrons. The number of benzene rings is 1. The Labute approximate surface area is 106 Å². The molecule has 0 atom stereocenters. The largest absolute Gasteiger partial charge is 0.508 e. The third-order valence-electron chi connectivity index (χ3n) is 2.91. The lowest BCUT2D eigenvalue weighted by Gasteiger charge is -2.18. The van der Waals surface area contributed by atoms with E-state index in [0.29, 0.717) is 5.69 Å². The van der Waals surface area contributed by atoms with Crippen LogP contribution in [0.5, 0.6) is 5.75 Å². The van der Waals surface area contributed by atoms with Crippen molar-refractivity contribution in [3.05, 3.63) is 35.9 Å². The predicted octanol–water partition coefficient (Wildman–Crippen LogP) is 2.16. The maximum absolute atomic E-state index is 11.7. The summed E-state index contributed by atoms with van der Waals surface area (Å²) in [6.45, 7) is 2.07. The topological polar surface area (TPSA) is 57.6 Å². The number of nitrogens with zero attached hydrogens (tertiary/aromatic N) is 1. The number of phenolic OH excluding ortho intramolecular Hbond substituents is 1. The number of rotatable bonds is 4. The molecule has 1 aromatic rings. The van der Waals surface area contributed by atoms with Crippen LogP contribution in [0.2, 0.25) is 0 Å². The van der Waals surface area contributed by atoms with Crippen molar-refractivity contribution in [2.75, 3.05) is 4.90 Å². The summed E-state index contributed by atoms with van der Waals surface area (Å²) in [4.78, 5) is 24.4. The van der Waals surface area contributed by atoms with Crippen molar-refractivity contribution >= 4 is 17.5 Å². The monoisotopic (exact) mass is 245 g/mol. The van der Waals surface area contributed by atoms with Gasteiger partial charge in [0.1, 0.15) is 5.75 Å². The molecule has 2 rings (SSSR count). The first-order valence-corrected chi connectivity index (χ1v) is 6.01. The molecule has 1 N–H and O–H groups in total. The lowest BCUT2D eigenvalue weighted by Crippen LogP contribution is -2.30. The van der Waals surface area contributed by atoms with E-state index in [1.807, 2.05) is 0 Å². The number of imide groups is 1. The van der Waals surface area contributed by atoms with Crippen LogP contribution in [0.25, 0.3) is 0 Å². The number of aromatic hydroxyl groups is 1. The molecule has 0 spiro atoms. The van der Waals surface area contributed by atoms with Crippen molar-refractivity contribution in [3.8, 4) is 5.75 Å². The summed E-state index contributed by atoms with van der Waals surface area (Å²) < 4.78 is 0. The van der Waals surface area contributed by atoms with Gasteiger partial charge in [-0.1, -0.05) is 13.3 Å². The minimum Gasteiger partial charge on any atom is -0.508 e. The average molecular weight is 245 g/mol. The minimum atomic E-state index is -0.330. The van der Waals surface area contributed by atoms with Crippen molar-refractivity contribution in [1.82, 2.24) is 0 Å². The van der Waals surface area contributed by atoms with E-state index in [9.17, 15) is 14.7 Å². The molecular weight excluding hydrogens is 230 g/mol. The van der Waals surface area contributed by atoms with E-state index in [0.717, 1.165) is 29.7 Å². The third-order valence-corrected chi connectivity index (χ3v) is 2.91. The van der Waals surface area contributed by atoms with E-state index in [-0.39, 0.29) is 17.6 Å². The maximum Gasteiger partial charge on any atom is 0.258 e. The standard InChI is InChI=1S/C14H15NO3/c1-2-3-4-10-9-11(16)5-6-12(10)15-13(17)7-8-14(15)18/h5-9,16H,2-4H2,1H3. The molecule has 0 bridgehead atoms. The van der Waals surface area contributed by atoms with Gasteiger partial charge < -0.3 is 5.11 Å². The van der Waals surface area contributed by atoms with Crippen LogP contribution >= 0.6 is 0 Å². The third kappa shape index (κ3) is 2.27. The van der Waals surface area contributed by atoms with E-state index < -0.39 is 0 Å². The van der Waals surface area contributed by atoms with E-state index in [4.69, 9.17) is 0 Å². The van der Waals surface area contributed by atoms with Gasteiger partial charge in [0.15, 0.2) is 0 Å². The number of hydrogen-bond donors (Lipinski definition) is 1. The number of carbonyl (C=O) groups is 2. The second-order valence-corrected chi connectivity index (χ2v) is 4.26. The summed E-state index contributed by atoms with van der Waals surface area (Å²) in [5, 5.41) is 9.51. The molecule has 2 amide bonds. The van der Waals surface area contributed by atoms with Crippen molar-refractivity contribution in [3.63, 3.8) is 0 Å². The zero-order chi connectivity index (χ0) is 13.1. The van der Waals surface area contributed by atoms with Gasteiger partial charge in [0.25, 0.3) is 11.8 Å². The molecule has 18 heavy (non-hydrogen) atoms. The fourth-order valence-electron chi connectivity index (χ4n) is 2.00. The minimum absolute atomic E-state index is 0.150. The Morgan fingerprint density at radius 2 is 1.83 bits per heavy atom. The van der Waals surface area contributed by atoms with Crippen molar-refractivity contribution in [2.45, 2.75) is 26.2 Å². The highest BCUT2D eigenvalue weighted by Gasteiger charge is 2.26. The first-order valence-electron chi connectivity index (χ1n) is 6.01. The van der Waals surface area contributed by atoms with Gasteiger partial charge in [0.05, 0.1) is 5.69 Å². The molecule has 4 nitrogen and oxygen atoms in total. The molecule has 0 fully saturated rings. The Morgan fingerprint density at radius 1 is 1.17 bits per heavy atom. The number of unbranched alkanes of at least 4 members (excludes halogenated alkanes) is 1. The summed E-state index contributed by atoms with van der Waals surface area (Å²) >= 11 is 0. The van der Waals surface area contributed by atoms with Crippen molar-refractivity contribution in [1.29, 1.82) is 0 Å². The number of aryl methyl sites for hydroxylation is 1. The van der Waals surface area contributed by atoms with E-state index >= 15 is 0 Å². The van der Waals surface area contributed by atoms with Crippen LogP contribution in [0.15, 0.2) is 30.4 Å². The van der Waals surface area contributed by atoms with Crippen LogP contribution in [0, 0.1) is 0 Å². The quantitative estimate of drug-likeness (QED) is 0.827. The molecule has 1 aromatic carbocycles. The van der Waals surface area contributed by atoms with Crippen LogP contribution < -0.4 is 4.90 Å². The number of anilines is 1. The molecule has 4 heteroatoms. The fourth-order valence-corrected chi connectivity index (χ4v) is 2.00. The van der Waals surface area contributed by atoms with E-state index in [1.54, 1.807) is 12.1 Å². The lowest BCUT2D eigenvalue weighted by atomic mass is 10.0. The fraction of sp³-hybridized carbons (Fsp3) is 0.286. The summed E-state index contributed by atoms with van der Waals surface area (Å²) in [5.41, 5.74) is 1.39. The molecule has 1 aliphatic heterocycles. The van der Waals surface area contributed by atoms with Crippen molar-refractivity contribution in [2.24, 2.45) is 0 Å². The molecule has 0 radical (unpaired) electrons. The highest BCUT2D eigenvalue weighted by molar-refractivity contribution is 6.28. The zero-order valence-electron chi connectivity index (χ0n) is 10.2. The van der Waals surface area contributed by atoms with Crippen LogP contribution in [0.1, 0.15) is 25.3 Å². The van der Waals surface area contributed by atoms with Gasteiger partial charge in [0, 0.05) is 12.2 Å². The van der Waals surface area contributed by atoms with Crippen LogP contribution in [0.4, 0.5) is 5.69 Å². The number of amides is 2. The number of phenols is 1. The van der Waals surface area contributed by atoms with Gasteiger partial charge in [-0.3, -0.25) is 9.59 Å². The predicted molar refractivity (Wildman–Crippen MR) is 68.4 cm³/mol. The number of hydrogen-bond acceptors (Lipinski definition) is 3. The Balaban J connectivity index is 2.37. The first-order chi connectivity index (χ1) is 8.63. The Hall–Kier alpha value is -2.10. The molecule has 1 heterocycles. The van der Waals surface area contributed by atoms with E-state index in [2.05, 4.69) is 6.92 Å². The summed E-state index contributed by atoms with van der Waals surface area (Å²) in [5.74, 6) is -0.510. The van der Waals surface area contributed by atoms with Gasteiger partial charge in [-0.2, -0.15) is 0 Å². The number of carbonyl (C=O) groups excluding carboxylic acids is 2. The molecule has 1 aliphatic rings. The highest BCUT2D eigenvalue weighted by Crippen LogP contribution is 2.28. The molecule has 0 aromatic heterocycles. The van der Waals surface area contributed by atoms with Gasteiger partial charge in [0.2, 0.25) is 0 Å². The Bertz CT molecular complexity index is 502.